The molecule has 0 spiro atoms. The summed E-state index contributed by atoms with van der Waals surface area (Å²) in [5.74, 6) is 2.39. The van der Waals surface area contributed by atoms with Gasteiger partial charge in [-0.1, -0.05) is 6.92 Å². The minimum absolute atomic E-state index is 0.282. The van der Waals surface area contributed by atoms with Crippen LogP contribution in [0.2, 0.25) is 0 Å². The van der Waals surface area contributed by atoms with Crippen LogP contribution < -0.4 is 10.6 Å². The molecular formula is C17H34N4O2S. The van der Waals surface area contributed by atoms with Crippen LogP contribution in [0.3, 0.4) is 0 Å². The molecule has 1 rings (SSSR count). The minimum atomic E-state index is -0.461. The highest BCUT2D eigenvalue weighted by Gasteiger charge is 2.21. The van der Waals surface area contributed by atoms with Crippen LogP contribution in [-0.2, 0) is 4.74 Å². The second-order valence-corrected chi connectivity index (χ2v) is 8.84. The molecule has 2 unspecified atom stereocenters. The van der Waals surface area contributed by atoms with Crippen LogP contribution in [0.5, 0.6) is 0 Å². The molecule has 0 aromatic heterocycles. The number of nitrogens with one attached hydrogen (secondary N) is 2. The third kappa shape index (κ3) is 8.66. The fourth-order valence-corrected chi connectivity index (χ4v) is 3.65. The number of rotatable bonds is 6. The van der Waals surface area contributed by atoms with E-state index in [9.17, 15) is 4.79 Å². The van der Waals surface area contributed by atoms with Gasteiger partial charge in [-0.3, -0.25) is 4.99 Å². The second kappa shape index (κ2) is 10.0. The molecule has 0 aromatic rings. The summed E-state index contributed by atoms with van der Waals surface area (Å²) in [6.07, 6.45) is 2.32. The first-order valence-electron chi connectivity index (χ1n) is 8.71. The van der Waals surface area contributed by atoms with Crippen LogP contribution in [0.15, 0.2) is 4.99 Å². The first kappa shape index (κ1) is 20.9. The molecule has 1 saturated heterocycles. The number of thioether (sulfide) groups is 1. The van der Waals surface area contributed by atoms with E-state index in [1.54, 1.807) is 19.0 Å². The highest BCUT2D eigenvalue weighted by molar-refractivity contribution is 8.00. The summed E-state index contributed by atoms with van der Waals surface area (Å²) in [6, 6.07) is 0. The molecule has 1 heterocycles. The van der Waals surface area contributed by atoms with Crippen LogP contribution in [0.25, 0.3) is 0 Å². The summed E-state index contributed by atoms with van der Waals surface area (Å²) >= 11 is 2.03. The molecule has 0 aliphatic carbocycles. The van der Waals surface area contributed by atoms with Gasteiger partial charge in [0.05, 0.1) is 0 Å². The number of guanidine groups is 1. The highest BCUT2D eigenvalue weighted by atomic mass is 32.2. The topological polar surface area (TPSA) is 66.0 Å². The van der Waals surface area contributed by atoms with E-state index in [-0.39, 0.29) is 6.09 Å². The normalized spacial score (nSPS) is 19.8. The van der Waals surface area contributed by atoms with Crippen LogP contribution in [0, 0.1) is 5.92 Å². The van der Waals surface area contributed by atoms with E-state index in [0.29, 0.717) is 17.7 Å². The largest absolute Gasteiger partial charge is 0.444 e. The molecule has 0 bridgehead atoms. The number of hydrogen-bond donors (Lipinski definition) is 2. The van der Waals surface area contributed by atoms with Gasteiger partial charge >= 0.3 is 6.09 Å². The van der Waals surface area contributed by atoms with Crippen LogP contribution >= 0.6 is 11.8 Å². The Morgan fingerprint density at radius 3 is 2.67 bits per heavy atom. The van der Waals surface area contributed by atoms with Gasteiger partial charge in [0.1, 0.15) is 5.60 Å². The van der Waals surface area contributed by atoms with Crippen molar-refractivity contribution < 1.29 is 9.53 Å². The minimum Gasteiger partial charge on any atom is -0.444 e. The summed E-state index contributed by atoms with van der Waals surface area (Å²) in [6.45, 7) is 10.1. The van der Waals surface area contributed by atoms with Gasteiger partial charge in [0.15, 0.2) is 5.96 Å². The Morgan fingerprint density at radius 2 is 2.12 bits per heavy atom. The molecule has 1 aliphatic rings. The van der Waals surface area contributed by atoms with E-state index < -0.39 is 5.60 Å². The van der Waals surface area contributed by atoms with Crippen molar-refractivity contribution in [3.8, 4) is 0 Å². The number of aliphatic imine (C=N–C) groups is 1. The third-order valence-corrected chi connectivity index (χ3v) is 5.05. The van der Waals surface area contributed by atoms with Crippen LogP contribution in [-0.4, -0.2) is 67.3 Å². The standard InChI is InChI=1S/C17H34N4O2S/c1-13(12-21(6)16(22)23-17(2,3)4)10-19-15(18-5)20-11-14-8-7-9-24-14/h13-14H,7-12H2,1-6H3,(H2,18,19,20). The first-order chi connectivity index (χ1) is 11.2. The molecule has 0 aromatic carbocycles. The van der Waals surface area contributed by atoms with Crippen molar-refractivity contribution in [1.82, 2.24) is 15.5 Å². The fourth-order valence-electron chi connectivity index (χ4n) is 2.45. The average Bonchev–Trinajstić information content (AvgIpc) is 2.98. The van der Waals surface area contributed by atoms with Crippen molar-refractivity contribution in [1.29, 1.82) is 0 Å². The zero-order valence-corrected chi connectivity index (χ0v) is 16.8. The maximum absolute atomic E-state index is 12.0. The summed E-state index contributed by atoms with van der Waals surface area (Å²) in [5.41, 5.74) is -0.461. The Kier molecular flexibility index (Phi) is 8.73. The number of nitrogens with zero attached hydrogens (tertiary/aromatic N) is 2. The van der Waals surface area contributed by atoms with Crippen molar-refractivity contribution in [2.24, 2.45) is 10.9 Å². The Labute approximate surface area is 151 Å². The van der Waals surface area contributed by atoms with Gasteiger partial charge in [-0.2, -0.15) is 11.8 Å². The molecule has 2 atom stereocenters. The van der Waals surface area contributed by atoms with Gasteiger partial charge in [0.25, 0.3) is 0 Å². The Balaban J connectivity index is 2.27. The Hall–Kier alpha value is -1.11. The Morgan fingerprint density at radius 1 is 1.42 bits per heavy atom. The van der Waals surface area contributed by atoms with Crippen molar-refractivity contribution in [3.05, 3.63) is 0 Å². The molecule has 0 radical (unpaired) electrons. The smallest absolute Gasteiger partial charge is 0.410 e. The lowest BCUT2D eigenvalue weighted by atomic mass is 10.1. The number of carbonyl (C=O) groups excluding carboxylic acids is 1. The Bertz CT molecular complexity index is 417. The monoisotopic (exact) mass is 358 g/mol. The molecule has 24 heavy (non-hydrogen) atoms. The predicted octanol–water partition coefficient (Wildman–Crippen LogP) is 2.55. The van der Waals surface area contributed by atoms with E-state index in [0.717, 1.165) is 19.0 Å². The highest BCUT2D eigenvalue weighted by Crippen LogP contribution is 2.25. The third-order valence-electron chi connectivity index (χ3n) is 3.65. The maximum Gasteiger partial charge on any atom is 0.410 e. The quantitative estimate of drug-likeness (QED) is 0.564. The van der Waals surface area contributed by atoms with Gasteiger partial charge < -0.3 is 20.3 Å². The number of carbonyl (C=O) groups is 1. The zero-order valence-electron chi connectivity index (χ0n) is 16.0. The van der Waals surface area contributed by atoms with Crippen molar-refractivity contribution in [2.75, 3.05) is 39.5 Å². The molecule has 2 N–H and O–H groups in total. The molecule has 7 heteroatoms. The van der Waals surface area contributed by atoms with Gasteiger partial charge in [-0.05, 0) is 45.3 Å². The molecular weight excluding hydrogens is 324 g/mol. The lowest BCUT2D eigenvalue weighted by molar-refractivity contribution is 0.0278. The zero-order chi connectivity index (χ0) is 18.2. The van der Waals surface area contributed by atoms with Crippen molar-refractivity contribution >= 4 is 23.8 Å². The van der Waals surface area contributed by atoms with Gasteiger partial charge in [0, 0.05) is 39.0 Å². The maximum atomic E-state index is 12.0. The summed E-state index contributed by atoms with van der Waals surface area (Å²) in [7, 11) is 3.56. The predicted molar refractivity (Wildman–Crippen MR) is 103 cm³/mol. The number of ether oxygens (including phenoxy) is 1. The molecule has 140 valence electrons. The van der Waals surface area contributed by atoms with E-state index in [2.05, 4.69) is 22.5 Å². The summed E-state index contributed by atoms with van der Waals surface area (Å²) < 4.78 is 5.37. The van der Waals surface area contributed by atoms with E-state index in [1.807, 2.05) is 32.5 Å². The first-order valence-corrected chi connectivity index (χ1v) is 9.76. The number of amides is 1. The van der Waals surface area contributed by atoms with Gasteiger partial charge in [-0.15, -0.1) is 0 Å². The molecule has 0 saturated carbocycles. The second-order valence-electron chi connectivity index (χ2n) is 7.44. The van der Waals surface area contributed by atoms with Gasteiger partial charge in [-0.25, -0.2) is 4.79 Å². The van der Waals surface area contributed by atoms with Crippen molar-refractivity contribution in [3.63, 3.8) is 0 Å². The molecule has 1 aliphatic heterocycles. The van der Waals surface area contributed by atoms with Gasteiger partial charge in [0.2, 0.25) is 0 Å². The van der Waals surface area contributed by atoms with E-state index >= 15 is 0 Å². The molecule has 1 amide bonds. The number of hydrogen-bond acceptors (Lipinski definition) is 4. The van der Waals surface area contributed by atoms with E-state index in [4.69, 9.17) is 4.74 Å². The SMILES string of the molecule is CN=C(NCC(C)CN(C)C(=O)OC(C)(C)C)NCC1CCCS1. The lowest BCUT2D eigenvalue weighted by Crippen LogP contribution is -2.44. The fraction of sp³-hybridized carbons (Fsp3) is 0.882. The van der Waals surface area contributed by atoms with Crippen molar-refractivity contribution in [2.45, 2.75) is 51.4 Å². The summed E-state index contributed by atoms with van der Waals surface area (Å²) in [4.78, 5) is 17.9. The van der Waals surface area contributed by atoms with Crippen LogP contribution in [0.4, 0.5) is 4.79 Å². The average molecular weight is 359 g/mol. The van der Waals surface area contributed by atoms with E-state index in [1.165, 1.54) is 18.6 Å². The van der Waals surface area contributed by atoms with Crippen LogP contribution in [0.1, 0.15) is 40.5 Å². The molecule has 1 fully saturated rings. The summed E-state index contributed by atoms with van der Waals surface area (Å²) in [5, 5.41) is 7.42. The lowest BCUT2D eigenvalue weighted by Gasteiger charge is -2.26. The molecule has 6 nitrogen and oxygen atoms in total.